The molecule has 0 saturated heterocycles. The first-order valence-electron chi connectivity index (χ1n) is 8.44. The van der Waals surface area contributed by atoms with Crippen molar-refractivity contribution in [1.82, 2.24) is 16.0 Å². The lowest BCUT2D eigenvalue weighted by Gasteiger charge is -2.12. The molecule has 1 aromatic rings. The van der Waals surface area contributed by atoms with Crippen LogP contribution in [-0.2, 0) is 11.3 Å². The summed E-state index contributed by atoms with van der Waals surface area (Å²) in [6.07, 6.45) is 1.50. The van der Waals surface area contributed by atoms with Crippen LogP contribution in [0.4, 0.5) is 0 Å². The van der Waals surface area contributed by atoms with Crippen molar-refractivity contribution < 1.29 is 4.79 Å². The van der Waals surface area contributed by atoms with Crippen LogP contribution < -0.4 is 16.0 Å². The highest BCUT2D eigenvalue weighted by Crippen LogP contribution is 1.98. The van der Waals surface area contributed by atoms with Gasteiger partial charge < -0.3 is 16.0 Å². The summed E-state index contributed by atoms with van der Waals surface area (Å²) in [5.41, 5.74) is 1.11. The minimum atomic E-state index is 0.0411. The summed E-state index contributed by atoms with van der Waals surface area (Å²) in [5, 5.41) is 9.32. The highest BCUT2D eigenvalue weighted by molar-refractivity contribution is 5.81. The average Bonchev–Trinajstić information content (AvgIpc) is 2.53. The van der Waals surface area contributed by atoms with Gasteiger partial charge in [-0.25, -0.2) is 0 Å². The molecule has 128 valence electrons. The number of hydrogen-bond acceptors (Lipinski definition) is 2. The Labute approximate surface area is 140 Å². The van der Waals surface area contributed by atoms with Crippen LogP contribution in [-0.4, -0.2) is 31.5 Å². The third-order valence-corrected chi connectivity index (χ3v) is 3.30. The largest absolute Gasteiger partial charge is 0.357 e. The Bertz CT molecular complexity index is 471. The number of rotatable bonds is 9. The second-order valence-corrected chi connectivity index (χ2v) is 5.88. The second-order valence-electron chi connectivity index (χ2n) is 5.88. The van der Waals surface area contributed by atoms with E-state index in [4.69, 9.17) is 0 Å². The summed E-state index contributed by atoms with van der Waals surface area (Å²) in [7, 11) is 0. The Hall–Kier alpha value is -2.04. The molecule has 0 atom stereocenters. The minimum absolute atomic E-state index is 0.0411. The molecule has 0 aliphatic rings. The van der Waals surface area contributed by atoms with Gasteiger partial charge in [0.25, 0.3) is 0 Å². The van der Waals surface area contributed by atoms with E-state index < -0.39 is 0 Å². The molecule has 1 aromatic carbocycles. The number of amides is 1. The summed E-state index contributed by atoms with van der Waals surface area (Å²) in [4.78, 5) is 16.4. The quantitative estimate of drug-likeness (QED) is 0.483. The van der Waals surface area contributed by atoms with Gasteiger partial charge in [0, 0.05) is 32.6 Å². The predicted molar refractivity (Wildman–Crippen MR) is 96.3 cm³/mol. The molecule has 0 saturated carbocycles. The molecule has 1 rings (SSSR count). The third kappa shape index (κ3) is 9.55. The highest BCUT2D eigenvalue weighted by atomic mass is 16.1. The number of carbonyl (C=O) groups is 1. The Morgan fingerprint density at radius 1 is 1.13 bits per heavy atom. The van der Waals surface area contributed by atoms with E-state index in [1.807, 2.05) is 37.3 Å². The van der Waals surface area contributed by atoms with Gasteiger partial charge in [0.15, 0.2) is 5.96 Å². The van der Waals surface area contributed by atoms with E-state index in [0.717, 1.165) is 31.0 Å². The van der Waals surface area contributed by atoms with Gasteiger partial charge in [0.05, 0.1) is 0 Å². The molecule has 1 amide bonds. The fourth-order valence-electron chi connectivity index (χ4n) is 1.96. The number of guanidine groups is 1. The van der Waals surface area contributed by atoms with E-state index in [1.165, 1.54) is 0 Å². The highest BCUT2D eigenvalue weighted by Gasteiger charge is 2.03. The van der Waals surface area contributed by atoms with Gasteiger partial charge in [0.2, 0.25) is 5.91 Å². The van der Waals surface area contributed by atoms with Crippen molar-refractivity contribution in [3.8, 4) is 0 Å². The molecule has 0 heterocycles. The van der Waals surface area contributed by atoms with Gasteiger partial charge in [-0.1, -0.05) is 44.2 Å². The van der Waals surface area contributed by atoms with E-state index in [9.17, 15) is 4.79 Å². The molecule has 23 heavy (non-hydrogen) atoms. The molecule has 3 N–H and O–H groups in total. The zero-order valence-electron chi connectivity index (χ0n) is 14.6. The maximum absolute atomic E-state index is 11.8. The van der Waals surface area contributed by atoms with Crippen LogP contribution in [0.25, 0.3) is 0 Å². The van der Waals surface area contributed by atoms with Crippen molar-refractivity contribution in [2.24, 2.45) is 10.9 Å². The molecule has 5 nitrogen and oxygen atoms in total. The third-order valence-electron chi connectivity index (χ3n) is 3.30. The first-order valence-corrected chi connectivity index (χ1v) is 8.44. The Morgan fingerprint density at radius 3 is 2.52 bits per heavy atom. The molecular weight excluding hydrogens is 288 g/mol. The van der Waals surface area contributed by atoms with Gasteiger partial charge in [-0.15, -0.1) is 0 Å². The SMILES string of the molecule is CCNC(=NCCC(C)C)NCCC(=O)NCc1ccccc1. The lowest BCUT2D eigenvalue weighted by molar-refractivity contribution is -0.121. The first-order chi connectivity index (χ1) is 11.1. The van der Waals surface area contributed by atoms with Crippen LogP contribution in [0.15, 0.2) is 35.3 Å². The number of carbonyl (C=O) groups excluding carboxylic acids is 1. The molecule has 0 aliphatic heterocycles. The molecule has 0 unspecified atom stereocenters. The summed E-state index contributed by atoms with van der Waals surface area (Å²) in [6.45, 7) is 9.17. The summed E-state index contributed by atoms with van der Waals surface area (Å²) in [5.74, 6) is 1.47. The van der Waals surface area contributed by atoms with E-state index in [0.29, 0.717) is 25.4 Å². The molecular formula is C18H30N4O. The van der Waals surface area contributed by atoms with Crippen LogP contribution >= 0.6 is 0 Å². The van der Waals surface area contributed by atoms with Crippen molar-refractivity contribution in [3.63, 3.8) is 0 Å². The number of aliphatic imine (C=N–C) groups is 1. The van der Waals surface area contributed by atoms with Crippen LogP contribution in [0, 0.1) is 5.92 Å². The lowest BCUT2D eigenvalue weighted by atomic mass is 10.1. The number of nitrogens with one attached hydrogen (secondary N) is 3. The zero-order valence-corrected chi connectivity index (χ0v) is 14.6. The van der Waals surface area contributed by atoms with Crippen molar-refractivity contribution in [1.29, 1.82) is 0 Å². The van der Waals surface area contributed by atoms with Crippen molar-refractivity contribution in [2.75, 3.05) is 19.6 Å². The Balaban J connectivity index is 2.25. The topological polar surface area (TPSA) is 65.5 Å². The molecule has 0 spiro atoms. The second kappa shape index (κ2) is 11.5. The summed E-state index contributed by atoms with van der Waals surface area (Å²) >= 11 is 0. The van der Waals surface area contributed by atoms with E-state index >= 15 is 0 Å². The first kappa shape index (κ1) is 19.0. The van der Waals surface area contributed by atoms with Gasteiger partial charge in [0.1, 0.15) is 0 Å². The minimum Gasteiger partial charge on any atom is -0.357 e. The van der Waals surface area contributed by atoms with E-state index in [2.05, 4.69) is 34.8 Å². The Morgan fingerprint density at radius 2 is 1.87 bits per heavy atom. The van der Waals surface area contributed by atoms with Crippen LogP contribution in [0.1, 0.15) is 39.2 Å². The molecule has 0 aliphatic carbocycles. The molecule has 0 fully saturated rings. The standard InChI is InChI=1S/C18H30N4O/c1-4-19-18(20-12-10-15(2)3)21-13-11-17(23)22-14-16-8-6-5-7-9-16/h5-9,15H,4,10-14H2,1-3H3,(H,22,23)(H2,19,20,21). The maximum Gasteiger partial charge on any atom is 0.222 e. The Kier molecular flexibility index (Phi) is 9.52. The summed E-state index contributed by atoms with van der Waals surface area (Å²) in [6, 6.07) is 9.92. The lowest BCUT2D eigenvalue weighted by Crippen LogP contribution is -2.39. The maximum atomic E-state index is 11.8. The molecule has 0 radical (unpaired) electrons. The van der Waals surface area contributed by atoms with Gasteiger partial charge in [-0.05, 0) is 24.8 Å². The normalized spacial score (nSPS) is 11.4. The van der Waals surface area contributed by atoms with Gasteiger partial charge >= 0.3 is 0 Å². The number of benzene rings is 1. The number of hydrogen-bond donors (Lipinski definition) is 3. The van der Waals surface area contributed by atoms with E-state index in [-0.39, 0.29) is 5.91 Å². The predicted octanol–water partition coefficient (Wildman–Crippen LogP) is 2.29. The van der Waals surface area contributed by atoms with Crippen LogP contribution in [0.2, 0.25) is 0 Å². The molecule has 5 heteroatoms. The smallest absolute Gasteiger partial charge is 0.222 e. The zero-order chi connectivity index (χ0) is 16.9. The van der Waals surface area contributed by atoms with E-state index in [1.54, 1.807) is 0 Å². The molecule has 0 aromatic heterocycles. The fraction of sp³-hybridized carbons (Fsp3) is 0.556. The van der Waals surface area contributed by atoms with Crippen LogP contribution in [0.3, 0.4) is 0 Å². The summed E-state index contributed by atoms with van der Waals surface area (Å²) < 4.78 is 0. The van der Waals surface area contributed by atoms with Crippen molar-refractivity contribution in [2.45, 2.75) is 40.2 Å². The van der Waals surface area contributed by atoms with Crippen molar-refractivity contribution >= 4 is 11.9 Å². The average molecular weight is 318 g/mol. The van der Waals surface area contributed by atoms with Gasteiger partial charge in [-0.3, -0.25) is 9.79 Å². The van der Waals surface area contributed by atoms with Gasteiger partial charge in [-0.2, -0.15) is 0 Å². The fourth-order valence-corrected chi connectivity index (χ4v) is 1.96. The molecule has 0 bridgehead atoms. The number of nitrogens with zero attached hydrogens (tertiary/aromatic N) is 1. The van der Waals surface area contributed by atoms with Crippen LogP contribution in [0.5, 0.6) is 0 Å². The van der Waals surface area contributed by atoms with Crippen molar-refractivity contribution in [3.05, 3.63) is 35.9 Å². The monoisotopic (exact) mass is 318 g/mol.